The minimum Gasteiger partial charge on any atom is -0.299 e. The molecule has 0 bridgehead atoms. The van der Waals surface area contributed by atoms with Crippen molar-refractivity contribution >= 4 is 11.6 Å². The zero-order valence-corrected chi connectivity index (χ0v) is 9.21. The van der Waals surface area contributed by atoms with E-state index >= 15 is 0 Å². The number of hydrogen-bond acceptors (Lipinski definition) is 2. The standard InChI is InChI=1S/C13H12F2O2/c14-9-5-3-6-10(15)12(9)13(17)8-4-1-2-7-11(8)16/h3,5-6,8H,1-2,4,7H2. The van der Waals surface area contributed by atoms with E-state index < -0.39 is 28.9 Å². The van der Waals surface area contributed by atoms with Crippen LogP contribution in [0.1, 0.15) is 36.0 Å². The highest BCUT2D eigenvalue weighted by molar-refractivity contribution is 6.11. The minimum absolute atomic E-state index is 0.205. The monoisotopic (exact) mass is 238 g/mol. The molecule has 4 heteroatoms. The molecule has 90 valence electrons. The molecule has 17 heavy (non-hydrogen) atoms. The highest BCUT2D eigenvalue weighted by Crippen LogP contribution is 2.26. The fourth-order valence-corrected chi connectivity index (χ4v) is 2.17. The summed E-state index contributed by atoms with van der Waals surface area (Å²) in [6.45, 7) is 0. The second kappa shape index (κ2) is 4.73. The Morgan fingerprint density at radius 3 is 2.41 bits per heavy atom. The molecule has 0 amide bonds. The van der Waals surface area contributed by atoms with Crippen LogP contribution in [0.4, 0.5) is 8.78 Å². The van der Waals surface area contributed by atoms with E-state index in [0.717, 1.165) is 25.0 Å². The number of Topliss-reactive ketones (excluding diaryl/α,β-unsaturated/α-hetero) is 2. The van der Waals surface area contributed by atoms with Crippen molar-refractivity contribution in [2.24, 2.45) is 5.92 Å². The first-order valence-electron chi connectivity index (χ1n) is 5.62. The Kier molecular flexibility index (Phi) is 3.31. The van der Waals surface area contributed by atoms with Gasteiger partial charge in [0, 0.05) is 6.42 Å². The molecule has 0 aromatic heterocycles. The first kappa shape index (κ1) is 11.9. The van der Waals surface area contributed by atoms with Crippen molar-refractivity contribution in [2.45, 2.75) is 25.7 Å². The van der Waals surface area contributed by atoms with Crippen LogP contribution in [0, 0.1) is 17.6 Å². The average Bonchev–Trinajstić information content (AvgIpc) is 2.29. The van der Waals surface area contributed by atoms with Crippen molar-refractivity contribution < 1.29 is 18.4 Å². The third-order valence-electron chi connectivity index (χ3n) is 3.08. The van der Waals surface area contributed by atoms with Gasteiger partial charge in [0.1, 0.15) is 17.4 Å². The molecule has 1 unspecified atom stereocenters. The topological polar surface area (TPSA) is 34.1 Å². The van der Waals surface area contributed by atoms with E-state index in [-0.39, 0.29) is 5.78 Å². The molecule has 2 nitrogen and oxygen atoms in total. The molecule has 0 spiro atoms. The molecule has 0 radical (unpaired) electrons. The molecule has 0 N–H and O–H groups in total. The van der Waals surface area contributed by atoms with Gasteiger partial charge in [-0.1, -0.05) is 12.5 Å². The third kappa shape index (κ3) is 2.25. The Hall–Kier alpha value is -1.58. The molecule has 0 saturated heterocycles. The first-order chi connectivity index (χ1) is 8.11. The van der Waals surface area contributed by atoms with Crippen molar-refractivity contribution in [2.75, 3.05) is 0 Å². The van der Waals surface area contributed by atoms with Crippen LogP contribution in [0.15, 0.2) is 18.2 Å². The maximum Gasteiger partial charge on any atom is 0.179 e. The Balaban J connectivity index is 2.33. The van der Waals surface area contributed by atoms with Crippen LogP contribution in [-0.2, 0) is 4.79 Å². The lowest BCUT2D eigenvalue weighted by molar-refractivity contribution is -0.122. The summed E-state index contributed by atoms with van der Waals surface area (Å²) >= 11 is 0. The van der Waals surface area contributed by atoms with Gasteiger partial charge < -0.3 is 0 Å². The smallest absolute Gasteiger partial charge is 0.179 e. The number of hydrogen-bond donors (Lipinski definition) is 0. The molecule has 1 aromatic rings. The lowest BCUT2D eigenvalue weighted by Gasteiger charge is -2.19. The Bertz CT molecular complexity index is 448. The third-order valence-corrected chi connectivity index (χ3v) is 3.08. The van der Waals surface area contributed by atoms with Crippen LogP contribution < -0.4 is 0 Å². The summed E-state index contributed by atoms with van der Waals surface area (Å²) in [4.78, 5) is 23.5. The first-order valence-corrected chi connectivity index (χ1v) is 5.62. The lowest BCUT2D eigenvalue weighted by Crippen LogP contribution is -2.28. The molecule has 1 fully saturated rings. The number of carbonyl (C=O) groups is 2. The van der Waals surface area contributed by atoms with E-state index in [9.17, 15) is 18.4 Å². The number of carbonyl (C=O) groups excluding carboxylic acids is 2. The lowest BCUT2D eigenvalue weighted by atomic mass is 9.82. The molecule has 1 aromatic carbocycles. The van der Waals surface area contributed by atoms with E-state index in [1.54, 1.807) is 0 Å². The molecule has 1 aliphatic carbocycles. The van der Waals surface area contributed by atoms with Crippen LogP contribution in [0.2, 0.25) is 0 Å². The molecular weight excluding hydrogens is 226 g/mol. The van der Waals surface area contributed by atoms with Gasteiger partial charge >= 0.3 is 0 Å². The van der Waals surface area contributed by atoms with E-state index in [1.165, 1.54) is 6.07 Å². The Morgan fingerprint density at radius 1 is 1.18 bits per heavy atom. The normalized spacial score (nSPS) is 20.4. The predicted octanol–water partition coefficient (Wildman–Crippen LogP) is 2.91. The van der Waals surface area contributed by atoms with Crippen molar-refractivity contribution in [1.82, 2.24) is 0 Å². The van der Waals surface area contributed by atoms with Gasteiger partial charge in [0.05, 0.1) is 11.5 Å². The van der Waals surface area contributed by atoms with Gasteiger partial charge in [-0.15, -0.1) is 0 Å². The maximum atomic E-state index is 13.4. The predicted molar refractivity (Wildman–Crippen MR) is 57.7 cm³/mol. The van der Waals surface area contributed by atoms with Crippen molar-refractivity contribution in [3.63, 3.8) is 0 Å². The zero-order valence-electron chi connectivity index (χ0n) is 9.21. The van der Waals surface area contributed by atoms with Crippen LogP contribution in [0.25, 0.3) is 0 Å². The van der Waals surface area contributed by atoms with Crippen molar-refractivity contribution in [3.8, 4) is 0 Å². The summed E-state index contributed by atoms with van der Waals surface area (Å²) in [5, 5.41) is 0. The van der Waals surface area contributed by atoms with Crippen molar-refractivity contribution in [3.05, 3.63) is 35.4 Å². The number of ketones is 2. The fraction of sp³-hybridized carbons (Fsp3) is 0.385. The molecule has 0 heterocycles. The van der Waals surface area contributed by atoms with E-state index in [0.29, 0.717) is 12.8 Å². The summed E-state index contributed by atoms with van der Waals surface area (Å²) in [6, 6.07) is 3.26. The van der Waals surface area contributed by atoms with Crippen LogP contribution >= 0.6 is 0 Å². The summed E-state index contributed by atoms with van der Waals surface area (Å²) in [5.74, 6) is -3.58. The van der Waals surface area contributed by atoms with Crippen LogP contribution in [-0.4, -0.2) is 11.6 Å². The Labute approximate surface area is 97.6 Å². The van der Waals surface area contributed by atoms with E-state index in [2.05, 4.69) is 0 Å². The fourth-order valence-electron chi connectivity index (χ4n) is 2.17. The van der Waals surface area contributed by atoms with E-state index in [1.807, 2.05) is 0 Å². The average molecular weight is 238 g/mol. The molecular formula is C13H12F2O2. The number of benzene rings is 1. The Morgan fingerprint density at radius 2 is 1.82 bits per heavy atom. The van der Waals surface area contributed by atoms with Crippen LogP contribution in [0.5, 0.6) is 0 Å². The summed E-state index contributed by atoms with van der Waals surface area (Å²) < 4.78 is 26.8. The van der Waals surface area contributed by atoms with Crippen LogP contribution in [0.3, 0.4) is 0 Å². The number of rotatable bonds is 2. The second-order valence-electron chi connectivity index (χ2n) is 4.23. The van der Waals surface area contributed by atoms with Gasteiger partial charge in [-0.25, -0.2) is 8.78 Å². The largest absolute Gasteiger partial charge is 0.299 e. The highest BCUT2D eigenvalue weighted by Gasteiger charge is 2.32. The second-order valence-corrected chi connectivity index (χ2v) is 4.23. The highest BCUT2D eigenvalue weighted by atomic mass is 19.1. The van der Waals surface area contributed by atoms with Gasteiger partial charge in [0.2, 0.25) is 0 Å². The zero-order chi connectivity index (χ0) is 12.4. The molecule has 1 atom stereocenters. The summed E-state index contributed by atoms with van der Waals surface area (Å²) in [5.41, 5.74) is -0.576. The molecule has 1 aliphatic rings. The quantitative estimate of drug-likeness (QED) is 0.586. The SMILES string of the molecule is O=C1CCCCC1C(=O)c1c(F)cccc1F. The van der Waals surface area contributed by atoms with Gasteiger partial charge in [0.25, 0.3) is 0 Å². The summed E-state index contributed by atoms with van der Waals surface area (Å²) in [6.07, 6.45) is 2.22. The molecule has 1 saturated carbocycles. The van der Waals surface area contributed by atoms with E-state index in [4.69, 9.17) is 0 Å². The van der Waals surface area contributed by atoms with Crippen molar-refractivity contribution in [1.29, 1.82) is 0 Å². The minimum atomic E-state index is -0.895. The molecule has 2 rings (SSSR count). The molecule has 0 aliphatic heterocycles. The van der Waals surface area contributed by atoms with Gasteiger partial charge in [-0.3, -0.25) is 9.59 Å². The summed E-state index contributed by atoms with van der Waals surface area (Å²) in [7, 11) is 0. The maximum absolute atomic E-state index is 13.4. The van der Waals surface area contributed by atoms with Gasteiger partial charge in [0.15, 0.2) is 5.78 Å². The number of halogens is 2. The van der Waals surface area contributed by atoms with Gasteiger partial charge in [-0.2, -0.15) is 0 Å². The van der Waals surface area contributed by atoms with Gasteiger partial charge in [-0.05, 0) is 25.0 Å².